The zero-order chi connectivity index (χ0) is 25.4. The van der Waals surface area contributed by atoms with E-state index in [2.05, 4.69) is 20.8 Å². The lowest BCUT2D eigenvalue weighted by Gasteiger charge is -2.39. The number of fused-ring (bicyclic) bond motifs is 1. The van der Waals surface area contributed by atoms with Crippen molar-refractivity contribution in [2.45, 2.75) is 77.6 Å². The van der Waals surface area contributed by atoms with Crippen LogP contribution >= 0.6 is 0 Å². The summed E-state index contributed by atoms with van der Waals surface area (Å²) < 4.78 is 0. The zero-order valence-corrected chi connectivity index (χ0v) is 21.2. The molecule has 0 aromatic heterocycles. The van der Waals surface area contributed by atoms with Crippen LogP contribution in [0.2, 0.25) is 0 Å². The maximum atomic E-state index is 12.9. The second-order valence-corrected chi connectivity index (χ2v) is 10.1. The molecule has 0 saturated carbocycles. The standard InChI is InChI=1S/C30H37NO4/c1-4-5-6-7-8-9-10-19-31-26-17-16-24(20-25(26)30(2,3)21-28(31)33)27(32)18-13-22-11-14-23(15-12-22)29(34)35/h11-18,20H,4-10,19,21H2,1-3H3,(H,34,35)/b18-13+. The molecule has 1 heterocycles. The Morgan fingerprint density at radius 2 is 1.57 bits per heavy atom. The molecule has 0 aliphatic carbocycles. The first-order chi connectivity index (χ1) is 16.7. The van der Waals surface area contributed by atoms with Gasteiger partial charge in [-0.3, -0.25) is 9.59 Å². The topological polar surface area (TPSA) is 74.7 Å². The van der Waals surface area contributed by atoms with Crippen LogP contribution in [-0.2, 0) is 10.2 Å². The molecular formula is C30H37NO4. The van der Waals surface area contributed by atoms with Crippen molar-refractivity contribution in [3.8, 4) is 0 Å². The third kappa shape index (κ3) is 6.91. The zero-order valence-electron chi connectivity index (χ0n) is 21.2. The number of ketones is 1. The smallest absolute Gasteiger partial charge is 0.335 e. The molecule has 0 fully saturated rings. The lowest BCUT2D eigenvalue weighted by atomic mass is 9.76. The van der Waals surface area contributed by atoms with Crippen LogP contribution < -0.4 is 4.90 Å². The number of anilines is 1. The number of aromatic carboxylic acids is 1. The van der Waals surface area contributed by atoms with Gasteiger partial charge in [0.05, 0.1) is 5.56 Å². The van der Waals surface area contributed by atoms with Gasteiger partial charge in [0, 0.05) is 29.6 Å². The first-order valence-corrected chi connectivity index (χ1v) is 12.7. The summed E-state index contributed by atoms with van der Waals surface area (Å²) in [4.78, 5) is 38.7. The van der Waals surface area contributed by atoms with Gasteiger partial charge in [-0.25, -0.2) is 4.79 Å². The van der Waals surface area contributed by atoms with E-state index in [-0.39, 0.29) is 22.7 Å². The second kappa shape index (κ2) is 12.0. The van der Waals surface area contributed by atoms with Crippen molar-refractivity contribution >= 4 is 29.4 Å². The quantitative estimate of drug-likeness (QED) is 0.203. The van der Waals surface area contributed by atoms with Gasteiger partial charge < -0.3 is 10.0 Å². The molecule has 2 aromatic carbocycles. The van der Waals surface area contributed by atoms with E-state index in [1.165, 1.54) is 50.3 Å². The van der Waals surface area contributed by atoms with E-state index >= 15 is 0 Å². The molecule has 0 bridgehead atoms. The molecular weight excluding hydrogens is 438 g/mol. The van der Waals surface area contributed by atoms with E-state index in [0.29, 0.717) is 12.0 Å². The molecule has 3 rings (SSSR count). The number of amides is 1. The minimum Gasteiger partial charge on any atom is -0.478 e. The number of carbonyl (C=O) groups excluding carboxylic acids is 2. The number of hydrogen-bond acceptors (Lipinski definition) is 3. The fourth-order valence-electron chi connectivity index (χ4n) is 4.65. The van der Waals surface area contributed by atoms with Crippen LogP contribution in [0.1, 0.15) is 104 Å². The van der Waals surface area contributed by atoms with Gasteiger partial charge in [-0.2, -0.15) is 0 Å². The molecule has 0 spiro atoms. The molecule has 5 heteroatoms. The largest absolute Gasteiger partial charge is 0.478 e. The number of nitrogens with zero attached hydrogens (tertiary/aromatic N) is 1. The summed E-state index contributed by atoms with van der Waals surface area (Å²) in [7, 11) is 0. The summed E-state index contributed by atoms with van der Waals surface area (Å²) in [5, 5.41) is 9.02. The van der Waals surface area contributed by atoms with E-state index in [1.54, 1.807) is 24.3 Å². The van der Waals surface area contributed by atoms with Gasteiger partial charge in [0.2, 0.25) is 5.91 Å². The van der Waals surface area contributed by atoms with Crippen LogP contribution in [0.25, 0.3) is 6.08 Å². The Hall–Kier alpha value is -3.21. The van der Waals surface area contributed by atoms with Gasteiger partial charge in [-0.15, -0.1) is 0 Å². The fraction of sp³-hybridized carbons (Fsp3) is 0.433. The lowest BCUT2D eigenvalue weighted by Crippen LogP contribution is -2.42. The van der Waals surface area contributed by atoms with Crippen molar-refractivity contribution in [3.63, 3.8) is 0 Å². The van der Waals surface area contributed by atoms with Gasteiger partial charge in [-0.05, 0) is 54.0 Å². The first kappa shape index (κ1) is 26.4. The van der Waals surface area contributed by atoms with Gasteiger partial charge >= 0.3 is 5.97 Å². The molecule has 5 nitrogen and oxygen atoms in total. The molecule has 186 valence electrons. The lowest BCUT2D eigenvalue weighted by molar-refractivity contribution is -0.120. The van der Waals surface area contributed by atoms with Crippen molar-refractivity contribution in [1.29, 1.82) is 0 Å². The summed E-state index contributed by atoms with van der Waals surface area (Å²) in [6.07, 6.45) is 12.0. The van der Waals surface area contributed by atoms with Crippen molar-refractivity contribution in [2.75, 3.05) is 11.4 Å². The number of carboxylic acid groups (broad SMARTS) is 1. The number of rotatable bonds is 12. The fourth-order valence-corrected chi connectivity index (χ4v) is 4.65. The molecule has 2 aromatic rings. The molecule has 1 aliphatic rings. The molecule has 35 heavy (non-hydrogen) atoms. The number of benzene rings is 2. The second-order valence-electron chi connectivity index (χ2n) is 10.1. The molecule has 0 radical (unpaired) electrons. The Bertz CT molecular complexity index is 1080. The predicted octanol–water partition coefficient (Wildman–Crippen LogP) is 7.05. The minimum atomic E-state index is -0.979. The average molecular weight is 476 g/mol. The Kier molecular flexibility index (Phi) is 9.02. The van der Waals surface area contributed by atoms with Crippen LogP contribution in [0.5, 0.6) is 0 Å². The van der Waals surface area contributed by atoms with Crippen LogP contribution in [0, 0.1) is 0 Å². The maximum absolute atomic E-state index is 12.9. The summed E-state index contributed by atoms with van der Waals surface area (Å²) in [6, 6.07) is 12.0. The van der Waals surface area contributed by atoms with Crippen molar-refractivity contribution in [2.24, 2.45) is 0 Å². The molecule has 1 amide bonds. The van der Waals surface area contributed by atoms with Gasteiger partial charge in [0.25, 0.3) is 0 Å². The molecule has 0 atom stereocenters. The Balaban J connectivity index is 1.71. The van der Waals surface area contributed by atoms with Crippen LogP contribution in [0.3, 0.4) is 0 Å². The third-order valence-electron chi connectivity index (χ3n) is 6.77. The van der Waals surface area contributed by atoms with Crippen molar-refractivity contribution < 1.29 is 19.5 Å². The molecule has 0 unspecified atom stereocenters. The Labute approximate surface area is 208 Å². The third-order valence-corrected chi connectivity index (χ3v) is 6.77. The number of carboxylic acids is 1. The maximum Gasteiger partial charge on any atom is 0.335 e. The van der Waals surface area contributed by atoms with Crippen LogP contribution in [0.4, 0.5) is 5.69 Å². The summed E-state index contributed by atoms with van der Waals surface area (Å²) in [6.45, 7) is 7.05. The highest BCUT2D eigenvalue weighted by Crippen LogP contribution is 2.41. The van der Waals surface area contributed by atoms with Gasteiger partial charge in [0.15, 0.2) is 5.78 Å². The summed E-state index contributed by atoms with van der Waals surface area (Å²) in [5.74, 6) is -0.952. The number of unbranched alkanes of at least 4 members (excludes halogenated alkanes) is 6. The van der Waals surface area contributed by atoms with Crippen LogP contribution in [-0.4, -0.2) is 29.3 Å². The number of carbonyl (C=O) groups is 3. The average Bonchev–Trinajstić information content (AvgIpc) is 2.83. The minimum absolute atomic E-state index is 0.124. The van der Waals surface area contributed by atoms with Gasteiger partial charge in [-0.1, -0.05) is 77.5 Å². The Morgan fingerprint density at radius 3 is 2.23 bits per heavy atom. The van der Waals surface area contributed by atoms with Crippen molar-refractivity contribution in [1.82, 2.24) is 0 Å². The highest BCUT2D eigenvalue weighted by Gasteiger charge is 2.36. The highest BCUT2D eigenvalue weighted by atomic mass is 16.4. The van der Waals surface area contributed by atoms with E-state index in [9.17, 15) is 14.4 Å². The first-order valence-electron chi connectivity index (χ1n) is 12.7. The number of hydrogen-bond donors (Lipinski definition) is 1. The molecule has 1 aliphatic heterocycles. The number of allylic oxidation sites excluding steroid dienone is 1. The van der Waals surface area contributed by atoms with E-state index < -0.39 is 5.97 Å². The normalized spacial score (nSPS) is 14.8. The molecule has 0 saturated heterocycles. The monoisotopic (exact) mass is 475 g/mol. The summed E-state index contributed by atoms with van der Waals surface area (Å²) in [5.41, 5.74) is 3.16. The summed E-state index contributed by atoms with van der Waals surface area (Å²) >= 11 is 0. The Morgan fingerprint density at radius 1 is 0.943 bits per heavy atom. The van der Waals surface area contributed by atoms with E-state index in [1.807, 2.05) is 17.0 Å². The molecule has 1 N–H and O–H groups in total. The highest BCUT2D eigenvalue weighted by molar-refractivity contribution is 6.08. The predicted molar refractivity (Wildman–Crippen MR) is 141 cm³/mol. The van der Waals surface area contributed by atoms with Crippen molar-refractivity contribution in [3.05, 3.63) is 70.8 Å². The SMILES string of the molecule is CCCCCCCCCN1C(=O)CC(C)(C)c2cc(C(=O)/C=C/c3ccc(C(=O)O)cc3)ccc21. The van der Waals surface area contributed by atoms with Crippen LogP contribution in [0.15, 0.2) is 48.5 Å². The van der Waals surface area contributed by atoms with Gasteiger partial charge in [0.1, 0.15) is 0 Å². The van der Waals surface area contributed by atoms with E-state index in [0.717, 1.165) is 36.2 Å². The van der Waals surface area contributed by atoms with E-state index in [4.69, 9.17) is 5.11 Å².